The second-order valence-corrected chi connectivity index (χ2v) is 5.71. The molecule has 0 radical (unpaired) electrons. The molecule has 0 heterocycles. The van der Waals surface area contributed by atoms with Crippen LogP contribution in [0.3, 0.4) is 0 Å². The van der Waals surface area contributed by atoms with Gasteiger partial charge in [0.1, 0.15) is 5.82 Å². The number of carbonyl (C=O) groups excluding carboxylic acids is 1. The van der Waals surface area contributed by atoms with Crippen molar-refractivity contribution in [1.29, 1.82) is 5.26 Å². The van der Waals surface area contributed by atoms with Gasteiger partial charge in [-0.15, -0.1) is 0 Å². The second kappa shape index (κ2) is 5.56. The summed E-state index contributed by atoms with van der Waals surface area (Å²) >= 11 is 0. The number of nitrogens with zero attached hydrogens (tertiary/aromatic N) is 1. The van der Waals surface area contributed by atoms with Crippen molar-refractivity contribution < 1.29 is 22.3 Å². The summed E-state index contributed by atoms with van der Waals surface area (Å²) in [4.78, 5) is 11.3. The van der Waals surface area contributed by atoms with E-state index in [0.717, 1.165) is 12.1 Å². The Labute approximate surface area is 116 Å². The van der Waals surface area contributed by atoms with Gasteiger partial charge in [-0.1, -0.05) is 6.07 Å². The Morgan fingerprint density at radius 3 is 2.55 bits per heavy atom. The average Bonchev–Trinajstić information content (AvgIpc) is 2.36. The first-order chi connectivity index (χ1) is 9.16. The Balaban J connectivity index is 3.40. The molecule has 0 aliphatic carbocycles. The normalized spacial score (nSPS) is 14.2. The number of nitrogens with two attached hydrogens (primary N) is 1. The molecule has 1 atom stereocenters. The van der Waals surface area contributed by atoms with E-state index in [2.05, 4.69) is 0 Å². The van der Waals surface area contributed by atoms with E-state index in [9.17, 15) is 17.6 Å². The van der Waals surface area contributed by atoms with Gasteiger partial charge >= 0.3 is 5.97 Å². The van der Waals surface area contributed by atoms with E-state index in [1.165, 1.54) is 6.92 Å². The zero-order valence-corrected chi connectivity index (χ0v) is 11.7. The van der Waals surface area contributed by atoms with Gasteiger partial charge in [0.05, 0.1) is 17.6 Å². The largest absolute Gasteiger partial charge is 0.465 e. The van der Waals surface area contributed by atoms with Crippen molar-refractivity contribution in [1.82, 2.24) is 0 Å². The minimum Gasteiger partial charge on any atom is -0.465 e. The van der Waals surface area contributed by atoms with E-state index in [0.29, 0.717) is 6.07 Å². The van der Waals surface area contributed by atoms with Crippen molar-refractivity contribution in [3.05, 3.63) is 29.6 Å². The molecule has 0 aliphatic rings. The summed E-state index contributed by atoms with van der Waals surface area (Å²) in [6, 6.07) is 4.42. The number of primary sulfonamides is 1. The maximum absolute atomic E-state index is 14.0. The second-order valence-electron chi connectivity index (χ2n) is 4.14. The molecule has 1 unspecified atom stereocenters. The van der Waals surface area contributed by atoms with Crippen molar-refractivity contribution >= 4 is 16.0 Å². The molecule has 2 N–H and O–H groups in total. The zero-order chi connectivity index (χ0) is 15.6. The average molecular weight is 300 g/mol. The molecule has 0 aliphatic heterocycles. The number of benzene rings is 1. The van der Waals surface area contributed by atoms with Crippen LogP contribution in [0.2, 0.25) is 0 Å². The van der Waals surface area contributed by atoms with Crippen LogP contribution in [0.1, 0.15) is 19.4 Å². The Bertz CT molecular complexity index is 681. The van der Waals surface area contributed by atoms with Gasteiger partial charge < -0.3 is 4.74 Å². The lowest BCUT2D eigenvalue weighted by Gasteiger charge is -2.20. The van der Waals surface area contributed by atoms with Gasteiger partial charge in [0.2, 0.25) is 10.0 Å². The Hall–Kier alpha value is -1.98. The summed E-state index contributed by atoms with van der Waals surface area (Å²) in [5.74, 6) is -1.93. The van der Waals surface area contributed by atoms with Gasteiger partial charge in [-0.2, -0.15) is 5.26 Å². The van der Waals surface area contributed by atoms with Crippen LogP contribution < -0.4 is 5.14 Å². The van der Waals surface area contributed by atoms with E-state index >= 15 is 0 Å². The van der Waals surface area contributed by atoms with Crippen LogP contribution >= 0.6 is 0 Å². The molecule has 0 saturated carbocycles. The van der Waals surface area contributed by atoms with E-state index in [-0.39, 0.29) is 12.2 Å². The molecule has 0 aromatic heterocycles. The first-order valence-electron chi connectivity index (χ1n) is 5.58. The topological polar surface area (TPSA) is 110 Å². The number of nitriles is 1. The van der Waals surface area contributed by atoms with Crippen LogP contribution in [0.4, 0.5) is 4.39 Å². The monoisotopic (exact) mass is 300 g/mol. The lowest BCUT2D eigenvalue weighted by Crippen LogP contribution is -2.34. The quantitative estimate of drug-likeness (QED) is 0.827. The van der Waals surface area contributed by atoms with Crippen molar-refractivity contribution in [2.24, 2.45) is 5.14 Å². The highest BCUT2D eigenvalue weighted by Gasteiger charge is 2.39. The molecule has 0 spiro atoms. The molecule has 0 bridgehead atoms. The summed E-state index contributed by atoms with van der Waals surface area (Å²) in [5.41, 5.74) is -2.14. The van der Waals surface area contributed by atoms with Crippen LogP contribution in [0, 0.1) is 17.1 Å². The lowest BCUT2D eigenvalue weighted by atomic mass is 9.84. The Morgan fingerprint density at radius 2 is 2.15 bits per heavy atom. The van der Waals surface area contributed by atoms with E-state index in [4.69, 9.17) is 15.1 Å². The van der Waals surface area contributed by atoms with Gasteiger partial charge in [0.15, 0.2) is 5.41 Å². The van der Waals surface area contributed by atoms with Crippen molar-refractivity contribution in [3.63, 3.8) is 0 Å². The van der Waals surface area contributed by atoms with E-state index in [1.807, 2.05) is 0 Å². The molecule has 0 amide bonds. The minimum atomic E-state index is -4.06. The van der Waals surface area contributed by atoms with Crippen LogP contribution in [0.15, 0.2) is 23.1 Å². The standard InChI is InChI=1S/C12H13FN2O4S/c1-3-19-11(16)12(2,7-14)9-5-4-8(6-10(9)13)20(15,17)18/h4-6H,3H2,1-2H3,(H2,15,17,18). The Kier molecular flexibility index (Phi) is 4.47. The van der Waals surface area contributed by atoms with Crippen LogP contribution in [0.25, 0.3) is 0 Å². The lowest BCUT2D eigenvalue weighted by molar-refractivity contribution is -0.147. The first kappa shape index (κ1) is 16.1. The number of hydrogen-bond donors (Lipinski definition) is 1. The number of sulfonamides is 1. The third kappa shape index (κ3) is 2.95. The van der Waals surface area contributed by atoms with Crippen molar-refractivity contribution in [2.75, 3.05) is 6.61 Å². The molecule has 0 fully saturated rings. The highest BCUT2D eigenvalue weighted by Crippen LogP contribution is 2.28. The number of rotatable bonds is 4. The molecule has 20 heavy (non-hydrogen) atoms. The van der Waals surface area contributed by atoms with Crippen LogP contribution in [-0.4, -0.2) is 21.0 Å². The van der Waals surface area contributed by atoms with Crippen LogP contribution in [0.5, 0.6) is 0 Å². The van der Waals surface area contributed by atoms with E-state index < -0.39 is 32.1 Å². The fourth-order valence-corrected chi connectivity index (χ4v) is 2.10. The third-order valence-corrected chi connectivity index (χ3v) is 3.63. The van der Waals surface area contributed by atoms with Crippen molar-refractivity contribution in [2.45, 2.75) is 24.2 Å². The predicted molar refractivity (Wildman–Crippen MR) is 67.4 cm³/mol. The fraction of sp³-hybridized carbons (Fsp3) is 0.333. The molecule has 1 aromatic rings. The first-order valence-corrected chi connectivity index (χ1v) is 7.12. The highest BCUT2D eigenvalue weighted by molar-refractivity contribution is 7.89. The Morgan fingerprint density at radius 1 is 1.55 bits per heavy atom. The van der Waals surface area contributed by atoms with Crippen molar-refractivity contribution in [3.8, 4) is 6.07 Å². The summed E-state index contributed by atoms with van der Waals surface area (Å²) in [7, 11) is -4.06. The fourth-order valence-electron chi connectivity index (χ4n) is 1.57. The molecule has 1 rings (SSSR count). The molecular formula is C12H13FN2O4S. The van der Waals surface area contributed by atoms with Gasteiger partial charge in [0.25, 0.3) is 0 Å². The van der Waals surface area contributed by atoms with Crippen LogP contribution in [-0.2, 0) is 25.0 Å². The highest BCUT2D eigenvalue weighted by atomic mass is 32.2. The minimum absolute atomic E-state index is 0.0347. The van der Waals surface area contributed by atoms with Gasteiger partial charge in [-0.3, -0.25) is 0 Å². The predicted octanol–water partition coefficient (Wildman–Crippen LogP) is 0.817. The smallest absolute Gasteiger partial charge is 0.330 e. The number of ether oxygens (including phenoxy) is 1. The van der Waals surface area contributed by atoms with Gasteiger partial charge in [-0.25, -0.2) is 22.7 Å². The molecular weight excluding hydrogens is 287 g/mol. The molecule has 6 nitrogen and oxygen atoms in total. The molecule has 8 heteroatoms. The SMILES string of the molecule is CCOC(=O)C(C)(C#N)c1ccc(S(N)(=O)=O)cc1F. The summed E-state index contributed by atoms with van der Waals surface area (Å²) in [5, 5.41) is 14.0. The maximum Gasteiger partial charge on any atom is 0.330 e. The molecule has 1 aromatic carbocycles. The van der Waals surface area contributed by atoms with E-state index in [1.54, 1.807) is 13.0 Å². The van der Waals surface area contributed by atoms with Gasteiger partial charge in [0, 0.05) is 5.56 Å². The zero-order valence-electron chi connectivity index (χ0n) is 10.9. The number of hydrogen-bond acceptors (Lipinski definition) is 5. The molecule has 108 valence electrons. The third-order valence-electron chi connectivity index (χ3n) is 2.72. The van der Waals surface area contributed by atoms with Gasteiger partial charge in [-0.05, 0) is 26.0 Å². The summed E-state index contributed by atoms with van der Waals surface area (Å²) in [6.07, 6.45) is 0. The molecule has 0 saturated heterocycles. The number of esters is 1. The number of halogens is 1. The maximum atomic E-state index is 14.0. The summed E-state index contributed by atoms with van der Waals surface area (Å²) in [6.45, 7) is 2.78. The number of carbonyl (C=O) groups is 1. The summed E-state index contributed by atoms with van der Waals surface area (Å²) < 4.78 is 40.9.